The Morgan fingerprint density at radius 1 is 1.04 bits per heavy atom. The maximum atomic E-state index is 12.3. The van der Waals surface area contributed by atoms with Gasteiger partial charge >= 0.3 is 17.9 Å². The van der Waals surface area contributed by atoms with Gasteiger partial charge in [0, 0.05) is 11.6 Å². The molecule has 2 heterocycles. The molecule has 1 aromatic rings. The molecule has 0 spiro atoms. The van der Waals surface area contributed by atoms with Gasteiger partial charge in [0.2, 0.25) is 6.79 Å². The van der Waals surface area contributed by atoms with E-state index in [1.54, 1.807) is 32.0 Å². The number of benzene rings is 1. The summed E-state index contributed by atoms with van der Waals surface area (Å²) in [4.78, 5) is 36.4. The van der Waals surface area contributed by atoms with Crippen LogP contribution in [0.1, 0.15) is 19.4 Å². The largest absolute Gasteiger partial charge is 0.462 e. The first-order valence-corrected chi connectivity index (χ1v) is 7.97. The molecule has 0 saturated heterocycles. The maximum absolute atomic E-state index is 12.3. The van der Waals surface area contributed by atoms with Crippen LogP contribution in [0.3, 0.4) is 0 Å². The lowest BCUT2D eigenvalue weighted by molar-refractivity contribution is -0.147. The molecule has 26 heavy (non-hydrogen) atoms. The van der Waals surface area contributed by atoms with E-state index < -0.39 is 23.5 Å². The number of fused-ring (bicyclic) bond motifs is 1. The fraction of sp³-hybridized carbons (Fsp3) is 0.278. The SMILES string of the molecule is CCOC(=O)C(C(=O)OCC)=C1OC(=O)C=C1c1ccc2c(c1)OCO2. The molecule has 0 bridgehead atoms. The van der Waals surface area contributed by atoms with Gasteiger partial charge in [-0.1, -0.05) is 6.07 Å². The Kier molecular flexibility index (Phi) is 4.92. The zero-order valence-electron chi connectivity index (χ0n) is 14.2. The summed E-state index contributed by atoms with van der Waals surface area (Å²) in [6.45, 7) is 3.38. The predicted octanol–water partition coefficient (Wildman–Crippen LogP) is 1.74. The molecule has 2 aliphatic rings. The topological polar surface area (TPSA) is 97.4 Å². The van der Waals surface area contributed by atoms with Gasteiger partial charge in [-0.2, -0.15) is 0 Å². The molecular formula is C18H16O8. The van der Waals surface area contributed by atoms with Crippen molar-refractivity contribution < 1.29 is 38.1 Å². The molecule has 0 fully saturated rings. The summed E-state index contributed by atoms with van der Waals surface area (Å²) < 4.78 is 25.5. The molecule has 0 radical (unpaired) electrons. The van der Waals surface area contributed by atoms with Gasteiger partial charge in [0.05, 0.1) is 13.2 Å². The minimum Gasteiger partial charge on any atom is -0.462 e. The molecule has 1 aromatic carbocycles. The molecule has 136 valence electrons. The van der Waals surface area contributed by atoms with E-state index in [0.29, 0.717) is 17.1 Å². The molecule has 0 N–H and O–H groups in total. The second kappa shape index (κ2) is 7.30. The van der Waals surface area contributed by atoms with Crippen molar-refractivity contribution in [1.29, 1.82) is 0 Å². The van der Waals surface area contributed by atoms with Crippen LogP contribution < -0.4 is 9.47 Å². The number of rotatable bonds is 5. The number of hydrogen-bond acceptors (Lipinski definition) is 8. The van der Waals surface area contributed by atoms with Crippen molar-refractivity contribution in [3.05, 3.63) is 41.2 Å². The fourth-order valence-electron chi connectivity index (χ4n) is 2.51. The molecule has 2 aliphatic heterocycles. The van der Waals surface area contributed by atoms with Crippen LogP contribution in [0, 0.1) is 0 Å². The minimum atomic E-state index is -0.928. The second-order valence-corrected chi connectivity index (χ2v) is 5.19. The van der Waals surface area contributed by atoms with Crippen LogP contribution in [-0.2, 0) is 28.6 Å². The Bertz CT molecular complexity index is 814. The smallest absolute Gasteiger partial charge is 0.349 e. The number of esters is 3. The number of hydrogen-bond donors (Lipinski definition) is 0. The number of ether oxygens (including phenoxy) is 5. The van der Waals surface area contributed by atoms with E-state index in [-0.39, 0.29) is 31.3 Å². The standard InChI is InChI=1S/C18H16O8/c1-3-22-17(20)15(18(21)23-4-2)16-11(8-14(19)26-16)10-5-6-12-13(7-10)25-9-24-12/h5-8H,3-4,9H2,1-2H3. The van der Waals surface area contributed by atoms with Crippen LogP contribution in [-0.4, -0.2) is 37.9 Å². The average molecular weight is 360 g/mol. The van der Waals surface area contributed by atoms with Gasteiger partial charge in [-0.15, -0.1) is 0 Å². The summed E-state index contributed by atoms with van der Waals surface area (Å²) in [5.41, 5.74) is 0.300. The van der Waals surface area contributed by atoms with Crippen molar-refractivity contribution >= 4 is 23.5 Å². The summed E-state index contributed by atoms with van der Waals surface area (Å²) in [5.74, 6) is -1.73. The lowest BCUT2D eigenvalue weighted by atomic mass is 10.0. The lowest BCUT2D eigenvalue weighted by Gasteiger charge is -2.12. The van der Waals surface area contributed by atoms with E-state index in [0.717, 1.165) is 0 Å². The van der Waals surface area contributed by atoms with E-state index in [1.807, 2.05) is 0 Å². The van der Waals surface area contributed by atoms with E-state index in [9.17, 15) is 14.4 Å². The van der Waals surface area contributed by atoms with Gasteiger partial charge in [-0.05, 0) is 31.5 Å². The predicted molar refractivity (Wildman–Crippen MR) is 86.9 cm³/mol. The third-order valence-electron chi connectivity index (χ3n) is 3.58. The lowest BCUT2D eigenvalue weighted by Crippen LogP contribution is -2.21. The normalized spacial score (nSPS) is 14.6. The van der Waals surface area contributed by atoms with Crippen molar-refractivity contribution in [3.8, 4) is 11.5 Å². The van der Waals surface area contributed by atoms with Crippen molar-refractivity contribution in [2.24, 2.45) is 0 Å². The quantitative estimate of drug-likeness (QED) is 0.257. The van der Waals surface area contributed by atoms with Gasteiger partial charge in [-0.25, -0.2) is 14.4 Å². The van der Waals surface area contributed by atoms with Crippen LogP contribution in [0.25, 0.3) is 5.57 Å². The van der Waals surface area contributed by atoms with E-state index >= 15 is 0 Å². The van der Waals surface area contributed by atoms with Gasteiger partial charge in [0.1, 0.15) is 0 Å². The summed E-state index contributed by atoms with van der Waals surface area (Å²) in [5, 5.41) is 0. The molecule has 0 amide bonds. The highest BCUT2D eigenvalue weighted by Gasteiger charge is 2.35. The molecule has 0 atom stereocenters. The molecule has 0 saturated carbocycles. The van der Waals surface area contributed by atoms with Gasteiger partial charge < -0.3 is 23.7 Å². The first-order chi connectivity index (χ1) is 12.5. The van der Waals surface area contributed by atoms with Gasteiger partial charge in [0.15, 0.2) is 22.8 Å². The van der Waals surface area contributed by atoms with Crippen molar-refractivity contribution in [2.75, 3.05) is 20.0 Å². The number of allylic oxidation sites excluding steroid dienone is 1. The minimum absolute atomic E-state index is 0.0477. The molecule has 3 rings (SSSR count). The van der Waals surface area contributed by atoms with Crippen molar-refractivity contribution in [2.45, 2.75) is 13.8 Å². The van der Waals surface area contributed by atoms with E-state index in [2.05, 4.69) is 0 Å². The van der Waals surface area contributed by atoms with Crippen LogP contribution >= 0.6 is 0 Å². The summed E-state index contributed by atoms with van der Waals surface area (Å²) >= 11 is 0. The zero-order valence-corrected chi connectivity index (χ0v) is 14.2. The molecule has 0 aliphatic carbocycles. The van der Waals surface area contributed by atoms with Crippen LogP contribution in [0.5, 0.6) is 11.5 Å². The summed E-state index contributed by atoms with van der Waals surface area (Å²) in [6, 6.07) is 4.95. The Morgan fingerprint density at radius 3 is 2.35 bits per heavy atom. The third kappa shape index (κ3) is 3.26. The van der Waals surface area contributed by atoms with E-state index in [4.69, 9.17) is 23.7 Å². The van der Waals surface area contributed by atoms with Gasteiger partial charge in [0.25, 0.3) is 0 Å². The van der Waals surface area contributed by atoms with Crippen molar-refractivity contribution in [1.82, 2.24) is 0 Å². The Labute approximate surface area is 148 Å². The van der Waals surface area contributed by atoms with Crippen LogP contribution in [0.4, 0.5) is 0 Å². The Balaban J connectivity index is 2.08. The van der Waals surface area contributed by atoms with Gasteiger partial charge in [-0.3, -0.25) is 0 Å². The Hall–Kier alpha value is -3.29. The van der Waals surface area contributed by atoms with E-state index in [1.165, 1.54) is 6.08 Å². The molecular weight excluding hydrogens is 344 g/mol. The first-order valence-electron chi connectivity index (χ1n) is 7.97. The summed E-state index contributed by atoms with van der Waals surface area (Å²) in [7, 11) is 0. The zero-order chi connectivity index (χ0) is 18.7. The van der Waals surface area contributed by atoms with Crippen LogP contribution in [0.2, 0.25) is 0 Å². The molecule has 8 heteroatoms. The highest BCUT2D eigenvalue weighted by Crippen LogP contribution is 2.39. The highest BCUT2D eigenvalue weighted by atomic mass is 16.7. The highest BCUT2D eigenvalue weighted by molar-refractivity contribution is 6.19. The first kappa shape index (κ1) is 17.5. The number of carbonyl (C=O) groups excluding carboxylic acids is 3. The number of cyclic esters (lactones) is 1. The average Bonchev–Trinajstić information content (AvgIpc) is 3.21. The maximum Gasteiger partial charge on any atom is 0.349 e. The Morgan fingerprint density at radius 2 is 1.69 bits per heavy atom. The summed E-state index contributed by atoms with van der Waals surface area (Å²) in [6.07, 6.45) is 1.19. The van der Waals surface area contributed by atoms with Crippen molar-refractivity contribution in [3.63, 3.8) is 0 Å². The monoisotopic (exact) mass is 360 g/mol. The molecule has 0 aromatic heterocycles. The number of carbonyl (C=O) groups is 3. The third-order valence-corrected chi connectivity index (χ3v) is 3.58. The fourth-order valence-corrected chi connectivity index (χ4v) is 2.51. The molecule has 0 unspecified atom stereocenters. The molecule has 8 nitrogen and oxygen atoms in total. The second-order valence-electron chi connectivity index (χ2n) is 5.19. The van der Waals surface area contributed by atoms with Crippen LogP contribution in [0.15, 0.2) is 35.6 Å².